The van der Waals surface area contributed by atoms with Crippen molar-refractivity contribution in [3.05, 3.63) is 43.7 Å². The minimum absolute atomic E-state index is 0.0361. The quantitative estimate of drug-likeness (QED) is 0.0560. The molecule has 3 unspecified atom stereocenters. The molecule has 0 aliphatic heterocycles. The molecule has 11 N–H and O–H groups in total. The fraction of sp³-hybridized carbons (Fsp3) is 0.438. The first-order chi connectivity index (χ1) is 26.8. The molecule has 0 bridgehead atoms. The molecular weight excluding hydrogens is 1440 g/mol. The van der Waals surface area contributed by atoms with E-state index in [0.717, 1.165) is 4.90 Å². The molecule has 0 aromatic heterocycles. The van der Waals surface area contributed by atoms with Crippen molar-refractivity contribution in [2.75, 3.05) is 83.5 Å². The second kappa shape index (κ2) is 25.5. The van der Waals surface area contributed by atoms with Gasteiger partial charge in [0.1, 0.15) is 6.61 Å². The number of nitrogens with one attached hydrogen (secondary N) is 5. The van der Waals surface area contributed by atoms with E-state index in [1.165, 1.54) is 14.2 Å². The van der Waals surface area contributed by atoms with Crippen LogP contribution in [0.3, 0.4) is 0 Å². The number of ketones is 1. The summed E-state index contributed by atoms with van der Waals surface area (Å²) in [5.74, 6) is -4.39. The number of anilines is 2. The van der Waals surface area contributed by atoms with Crippen molar-refractivity contribution in [2.45, 2.75) is 18.3 Å². The SMILES string of the molecule is CNCC(=O)N(CC(=O)c1c(I)c(NC(=O)COC)c(I)c(C(=O)NCC(O)CO)c1I)c1c(I)c(C(=O)NCC(O)CO)c(I)c(C(=O)NCC(O)CO)c1I. The molecule has 3 atom stereocenters. The van der Waals surface area contributed by atoms with E-state index in [0.29, 0.717) is 0 Å². The number of aliphatic hydroxyl groups is 6. The molecule has 2 aromatic carbocycles. The first-order valence-corrected chi connectivity index (χ1v) is 22.7. The number of aliphatic hydroxyl groups excluding tert-OH is 6. The average molecular weight is 1480 g/mol. The Hall–Kier alpha value is -0.480. The summed E-state index contributed by atoms with van der Waals surface area (Å²) < 4.78 is 5.81. The summed E-state index contributed by atoms with van der Waals surface area (Å²) in [6, 6.07) is 0. The second-order valence-electron chi connectivity index (χ2n) is 11.7. The molecule has 0 saturated heterocycles. The fourth-order valence-corrected chi connectivity index (χ4v) is 13.9. The Kier molecular flexibility index (Phi) is 23.5. The van der Waals surface area contributed by atoms with Crippen molar-refractivity contribution < 1.29 is 64.1 Å². The van der Waals surface area contributed by atoms with Crippen LogP contribution >= 0.6 is 136 Å². The largest absolute Gasteiger partial charge is 0.394 e. The van der Waals surface area contributed by atoms with Gasteiger partial charge in [-0.05, 0) is 143 Å². The van der Waals surface area contributed by atoms with Gasteiger partial charge in [-0.2, -0.15) is 0 Å². The number of amides is 5. The van der Waals surface area contributed by atoms with Gasteiger partial charge in [0.25, 0.3) is 17.7 Å². The van der Waals surface area contributed by atoms with E-state index in [9.17, 15) is 59.4 Å². The number of hydrogen-bond donors (Lipinski definition) is 11. The van der Waals surface area contributed by atoms with Gasteiger partial charge in [0.2, 0.25) is 11.8 Å². The molecule has 0 fully saturated rings. The molecule has 0 aliphatic rings. The van der Waals surface area contributed by atoms with Crippen LogP contribution in [0, 0.1) is 21.4 Å². The van der Waals surface area contributed by atoms with E-state index in [1.54, 1.807) is 90.4 Å². The van der Waals surface area contributed by atoms with Crippen LogP contribution in [0.15, 0.2) is 0 Å². The van der Waals surface area contributed by atoms with E-state index in [2.05, 4.69) is 26.6 Å². The maximum absolute atomic E-state index is 14.7. The van der Waals surface area contributed by atoms with Gasteiger partial charge in [0.15, 0.2) is 5.78 Å². The van der Waals surface area contributed by atoms with Crippen molar-refractivity contribution >= 4 is 182 Å². The molecule has 0 spiro atoms. The molecule has 0 radical (unpaired) electrons. The zero-order chi connectivity index (χ0) is 43.3. The number of rotatable bonds is 21. The summed E-state index contributed by atoms with van der Waals surface area (Å²) in [6.45, 7) is -4.51. The molecule has 57 heavy (non-hydrogen) atoms. The summed E-state index contributed by atoms with van der Waals surface area (Å²) in [6.07, 6.45) is -3.94. The average Bonchev–Trinajstić information content (AvgIpc) is 3.16. The highest BCUT2D eigenvalue weighted by Gasteiger charge is 2.35. The molecular formula is C32H38I6N6O13. The topological polar surface area (TPSA) is 296 Å². The number of hydrogen-bond acceptors (Lipinski definition) is 14. The highest BCUT2D eigenvalue weighted by molar-refractivity contribution is 14.1. The van der Waals surface area contributed by atoms with Crippen LogP contribution in [0.5, 0.6) is 0 Å². The minimum Gasteiger partial charge on any atom is -0.394 e. The normalized spacial score (nSPS) is 12.7. The lowest BCUT2D eigenvalue weighted by atomic mass is 10.0. The summed E-state index contributed by atoms with van der Waals surface area (Å²) >= 11 is 10.8. The number of halogens is 6. The molecule has 19 nitrogen and oxygen atoms in total. The molecule has 0 saturated carbocycles. The van der Waals surface area contributed by atoms with E-state index < -0.39 is 80.0 Å². The lowest BCUT2D eigenvalue weighted by molar-refractivity contribution is -0.119. The van der Waals surface area contributed by atoms with E-state index in [4.69, 9.17) is 4.74 Å². The number of benzene rings is 2. The Morgan fingerprint density at radius 1 is 0.632 bits per heavy atom. The Morgan fingerprint density at radius 2 is 1.02 bits per heavy atom. The van der Waals surface area contributed by atoms with E-state index in [1.807, 2.05) is 45.2 Å². The first kappa shape index (κ1) is 52.7. The van der Waals surface area contributed by atoms with Crippen LogP contribution in [0.1, 0.15) is 41.4 Å². The summed E-state index contributed by atoms with van der Waals surface area (Å²) in [5.41, 5.74) is -0.338. The lowest BCUT2D eigenvalue weighted by Crippen LogP contribution is -2.43. The van der Waals surface area contributed by atoms with Crippen LogP contribution < -0.4 is 31.5 Å². The maximum atomic E-state index is 14.7. The Labute approximate surface area is 408 Å². The smallest absolute Gasteiger partial charge is 0.253 e. The van der Waals surface area contributed by atoms with Gasteiger partial charge in [-0.3, -0.25) is 28.8 Å². The standard InChI is InChI=1S/C32H38I6N6O13/c1-39-6-17(53)44(29-26(37)20(31(55)41-4-13(49)9-46)23(34)21(27(29)38)32(56)42-5-14(50)10-47)7-15(51)18-22(33)19(30(54)40-3-12(48)8-45)25(36)28(24(18)35)43-16(52)11-57-2/h12-14,39,45-50H,3-11H2,1-2H3,(H,40,54)(H,41,55)(H,42,56)(H,43,52). The number of methoxy groups -OCH3 is 1. The molecule has 5 amide bonds. The number of carbonyl (C=O) groups excluding carboxylic acids is 6. The zero-order valence-corrected chi connectivity index (χ0v) is 42.8. The van der Waals surface area contributed by atoms with Crippen molar-refractivity contribution in [3.8, 4) is 0 Å². The number of ether oxygens (including phenoxy) is 1. The molecule has 2 rings (SSSR count). The van der Waals surface area contributed by atoms with E-state index in [-0.39, 0.29) is 87.8 Å². The van der Waals surface area contributed by atoms with Gasteiger partial charge >= 0.3 is 0 Å². The monoisotopic (exact) mass is 1480 g/mol. The predicted molar refractivity (Wildman–Crippen MR) is 257 cm³/mol. The Morgan fingerprint density at radius 3 is 1.40 bits per heavy atom. The molecule has 0 heterocycles. The summed E-state index contributed by atoms with van der Waals surface area (Å²) in [5, 5.41) is 70.5. The fourth-order valence-electron chi connectivity index (χ4n) is 4.66. The lowest BCUT2D eigenvalue weighted by Gasteiger charge is -2.28. The zero-order valence-electron chi connectivity index (χ0n) is 29.9. The van der Waals surface area contributed by atoms with Crippen molar-refractivity contribution in [3.63, 3.8) is 0 Å². The second-order valence-corrected chi connectivity index (χ2v) is 18.1. The van der Waals surface area contributed by atoms with Gasteiger partial charge in [0.05, 0.1) is 90.0 Å². The third kappa shape index (κ3) is 14.0. The van der Waals surface area contributed by atoms with Gasteiger partial charge in [-0.1, -0.05) is 0 Å². The highest BCUT2D eigenvalue weighted by Crippen LogP contribution is 2.40. The van der Waals surface area contributed by atoms with Crippen molar-refractivity contribution in [1.82, 2.24) is 21.3 Å². The van der Waals surface area contributed by atoms with Crippen LogP contribution in [0.4, 0.5) is 11.4 Å². The third-order valence-corrected chi connectivity index (χ3v) is 13.9. The molecule has 0 aliphatic carbocycles. The summed E-state index contributed by atoms with van der Waals surface area (Å²) in [7, 11) is 2.78. The molecule has 25 heteroatoms. The van der Waals surface area contributed by atoms with Crippen LogP contribution in [-0.4, -0.2) is 158 Å². The van der Waals surface area contributed by atoms with Crippen molar-refractivity contribution in [2.24, 2.45) is 0 Å². The van der Waals surface area contributed by atoms with Gasteiger partial charge in [-0.25, -0.2) is 0 Å². The number of likely N-dealkylation sites (N-methyl/N-ethyl adjacent to an activating group) is 1. The van der Waals surface area contributed by atoms with Crippen molar-refractivity contribution in [1.29, 1.82) is 0 Å². The van der Waals surface area contributed by atoms with Crippen LogP contribution in [-0.2, 0) is 14.3 Å². The Balaban J connectivity index is 2.98. The third-order valence-electron chi connectivity index (χ3n) is 7.44. The van der Waals surface area contributed by atoms with Gasteiger partial charge in [0, 0.05) is 43.0 Å². The number of nitrogens with zero attached hydrogens (tertiary/aromatic N) is 1. The first-order valence-electron chi connectivity index (χ1n) is 16.2. The van der Waals surface area contributed by atoms with E-state index >= 15 is 0 Å². The predicted octanol–water partition coefficient (Wildman–Crippen LogP) is -0.417. The maximum Gasteiger partial charge on any atom is 0.253 e. The van der Waals surface area contributed by atoms with Gasteiger partial charge in [-0.15, -0.1) is 0 Å². The molecule has 2 aromatic rings. The number of carbonyl (C=O) groups is 6. The Bertz CT molecular complexity index is 1800. The number of Topliss-reactive ketones (excluding diaryl/α,β-unsaturated/α-hetero) is 1. The van der Waals surface area contributed by atoms with Crippen LogP contribution in [0.25, 0.3) is 0 Å². The van der Waals surface area contributed by atoms with Crippen LogP contribution in [0.2, 0.25) is 0 Å². The summed E-state index contributed by atoms with van der Waals surface area (Å²) in [4.78, 5) is 83.5. The highest BCUT2D eigenvalue weighted by atomic mass is 127. The van der Waals surface area contributed by atoms with Gasteiger partial charge < -0.3 is 66.9 Å². The minimum atomic E-state index is -1.32. The molecule has 316 valence electrons.